The lowest BCUT2D eigenvalue weighted by Crippen LogP contribution is -2.30. The number of thiazole rings is 1. The summed E-state index contributed by atoms with van der Waals surface area (Å²) in [6, 6.07) is 8.56. The Morgan fingerprint density at radius 3 is 2.58 bits per heavy atom. The van der Waals surface area contributed by atoms with Gasteiger partial charge in [0, 0.05) is 17.1 Å². The van der Waals surface area contributed by atoms with Crippen LogP contribution in [0.5, 0.6) is 5.75 Å². The van der Waals surface area contributed by atoms with Gasteiger partial charge in [-0.3, -0.25) is 0 Å². The summed E-state index contributed by atoms with van der Waals surface area (Å²) in [7, 11) is -3.89. The van der Waals surface area contributed by atoms with E-state index >= 15 is 0 Å². The van der Waals surface area contributed by atoms with Crippen molar-refractivity contribution in [3.8, 4) is 5.75 Å². The van der Waals surface area contributed by atoms with Gasteiger partial charge in [-0.15, -0.1) is 11.3 Å². The maximum Gasteiger partial charge on any atom is 0.344 e. The molecular weight excluding hydrogens is 464 g/mol. The van der Waals surface area contributed by atoms with Crippen LogP contribution in [0.4, 0.5) is 11.5 Å². The number of aromatic nitrogens is 3. The van der Waals surface area contributed by atoms with Crippen molar-refractivity contribution in [2.75, 3.05) is 5.32 Å². The fourth-order valence-electron chi connectivity index (χ4n) is 3.11. The number of ether oxygens (including phenoxy) is 1. The highest BCUT2D eigenvalue weighted by Crippen LogP contribution is 2.37. The van der Waals surface area contributed by atoms with Crippen molar-refractivity contribution in [3.63, 3.8) is 0 Å². The summed E-state index contributed by atoms with van der Waals surface area (Å²) in [5.74, 6) is -0.879. The smallest absolute Gasteiger partial charge is 0.344 e. The molecule has 9 nitrogen and oxygen atoms in total. The van der Waals surface area contributed by atoms with Crippen molar-refractivity contribution in [3.05, 3.63) is 42.2 Å². The Morgan fingerprint density at radius 1 is 1.12 bits per heavy atom. The largest absolute Gasteiger partial charge is 0.479 e. The van der Waals surface area contributed by atoms with Crippen LogP contribution in [-0.4, -0.2) is 45.3 Å². The highest BCUT2D eigenvalue weighted by molar-refractivity contribution is 7.92. The van der Waals surface area contributed by atoms with Crippen LogP contribution in [0.3, 0.4) is 0 Å². The van der Waals surface area contributed by atoms with Crippen LogP contribution in [0.25, 0.3) is 21.1 Å². The number of hydrogen-bond donors (Lipinski definition) is 2. The van der Waals surface area contributed by atoms with Crippen molar-refractivity contribution in [2.24, 2.45) is 0 Å². The zero-order valence-corrected chi connectivity index (χ0v) is 20.0. The van der Waals surface area contributed by atoms with Crippen LogP contribution in [0.15, 0.2) is 47.1 Å². The maximum absolute atomic E-state index is 13.4. The topological polar surface area (TPSA) is 131 Å². The third kappa shape index (κ3) is 4.33. The number of nitrogens with one attached hydrogen (secondary N) is 1. The number of aliphatic carboxylic acids is 1. The van der Waals surface area contributed by atoms with E-state index in [-0.39, 0.29) is 10.6 Å². The first kappa shape index (κ1) is 22.9. The molecule has 0 aliphatic rings. The third-order valence-electron chi connectivity index (χ3n) is 5.04. The molecule has 2 aromatic carbocycles. The Hall–Kier alpha value is -3.31. The second-order valence-corrected chi connectivity index (χ2v) is 12.0. The van der Waals surface area contributed by atoms with Gasteiger partial charge in [0.05, 0.1) is 26.0 Å². The summed E-state index contributed by atoms with van der Waals surface area (Å²) in [5.41, 5.74) is 3.73. The molecule has 11 heteroatoms. The molecule has 4 aromatic rings. The minimum absolute atomic E-state index is 0.0686. The number of carbonyl (C=O) groups is 1. The molecule has 0 aliphatic carbocycles. The van der Waals surface area contributed by atoms with Crippen LogP contribution in [0.1, 0.15) is 27.7 Å². The van der Waals surface area contributed by atoms with Crippen LogP contribution in [0.2, 0.25) is 0 Å². The molecule has 2 aromatic heterocycles. The van der Waals surface area contributed by atoms with Gasteiger partial charge >= 0.3 is 5.97 Å². The Morgan fingerprint density at radius 2 is 1.88 bits per heavy atom. The summed E-state index contributed by atoms with van der Waals surface area (Å²) >= 11 is 1.53. The molecule has 0 unspecified atom stereocenters. The summed E-state index contributed by atoms with van der Waals surface area (Å²) in [4.78, 5) is 24.1. The quantitative estimate of drug-likeness (QED) is 0.407. The number of rotatable bonds is 6. The molecule has 0 amide bonds. The van der Waals surface area contributed by atoms with Crippen LogP contribution < -0.4 is 10.1 Å². The van der Waals surface area contributed by atoms with Crippen LogP contribution in [0, 0.1) is 0 Å². The lowest BCUT2D eigenvalue weighted by atomic mass is 10.2. The molecule has 0 aliphatic heterocycles. The molecule has 4 rings (SSSR count). The van der Waals surface area contributed by atoms with E-state index in [9.17, 15) is 18.3 Å². The number of fused-ring (bicyclic) bond motifs is 2. The monoisotopic (exact) mass is 486 g/mol. The van der Waals surface area contributed by atoms with Crippen molar-refractivity contribution in [1.29, 1.82) is 0 Å². The van der Waals surface area contributed by atoms with E-state index in [1.165, 1.54) is 36.7 Å². The molecule has 1 atom stereocenters. The zero-order chi connectivity index (χ0) is 24.0. The van der Waals surface area contributed by atoms with Gasteiger partial charge in [0.1, 0.15) is 22.8 Å². The zero-order valence-electron chi connectivity index (χ0n) is 18.4. The van der Waals surface area contributed by atoms with E-state index in [1.807, 2.05) is 18.2 Å². The molecule has 0 saturated carbocycles. The van der Waals surface area contributed by atoms with E-state index in [2.05, 4.69) is 20.3 Å². The number of anilines is 2. The fraction of sp³-hybridized carbons (Fsp3) is 0.273. The average Bonchev–Trinajstić information content (AvgIpc) is 3.20. The fourth-order valence-corrected chi connectivity index (χ4v) is 5.07. The van der Waals surface area contributed by atoms with Crippen LogP contribution >= 0.6 is 11.3 Å². The van der Waals surface area contributed by atoms with Crippen molar-refractivity contribution < 1.29 is 23.1 Å². The number of nitrogens with zero attached hydrogens (tertiary/aromatic N) is 3. The second kappa shape index (κ2) is 8.23. The summed E-state index contributed by atoms with van der Waals surface area (Å²) in [6.07, 6.45) is 0.0922. The molecule has 2 heterocycles. The molecule has 0 saturated heterocycles. The van der Waals surface area contributed by atoms with Gasteiger partial charge in [0.15, 0.2) is 15.9 Å². The van der Waals surface area contributed by atoms with Crippen molar-refractivity contribution in [1.82, 2.24) is 15.0 Å². The minimum Gasteiger partial charge on any atom is -0.479 e. The van der Waals surface area contributed by atoms with E-state index in [1.54, 1.807) is 26.3 Å². The molecule has 172 valence electrons. The molecule has 2 N–H and O–H groups in total. The highest BCUT2D eigenvalue weighted by Gasteiger charge is 2.35. The van der Waals surface area contributed by atoms with Crippen molar-refractivity contribution in [2.45, 2.75) is 43.4 Å². The van der Waals surface area contributed by atoms with Gasteiger partial charge in [-0.1, -0.05) is 0 Å². The number of hydrogen-bond acceptors (Lipinski definition) is 9. The third-order valence-corrected chi connectivity index (χ3v) is 8.36. The highest BCUT2D eigenvalue weighted by atomic mass is 32.2. The van der Waals surface area contributed by atoms with Gasteiger partial charge < -0.3 is 15.2 Å². The van der Waals surface area contributed by atoms with Gasteiger partial charge in [-0.25, -0.2) is 28.2 Å². The first-order valence-electron chi connectivity index (χ1n) is 10.0. The molecule has 0 fully saturated rings. The Labute approximate surface area is 194 Å². The standard InChI is InChI=1S/C22H22N4O5S2/c1-12(21(27)28)31-17-9-15-14(8-19(17)33(29,30)22(2,3)4)20(24-10-23-15)26-13-5-6-18-16(7-13)25-11-32-18/h5-12H,1-4H3,(H,27,28)(H,23,24,26)/t12-/m1/s1. The normalized spacial score (nSPS) is 13.2. The predicted octanol–water partition coefficient (Wildman–Crippen LogP) is 4.41. The van der Waals surface area contributed by atoms with Crippen LogP contribution in [-0.2, 0) is 14.6 Å². The van der Waals surface area contributed by atoms with Gasteiger partial charge in [0.2, 0.25) is 0 Å². The first-order valence-corrected chi connectivity index (χ1v) is 12.4. The number of carboxylic acids is 1. The average molecular weight is 487 g/mol. The lowest BCUT2D eigenvalue weighted by Gasteiger charge is -2.23. The molecular formula is C22H22N4O5S2. The number of sulfone groups is 1. The van der Waals surface area contributed by atoms with Gasteiger partial charge in [0.25, 0.3) is 0 Å². The lowest BCUT2D eigenvalue weighted by molar-refractivity contribution is -0.144. The van der Waals surface area contributed by atoms with E-state index < -0.39 is 26.7 Å². The van der Waals surface area contributed by atoms with E-state index in [0.717, 1.165) is 15.9 Å². The summed E-state index contributed by atoms with van der Waals surface area (Å²) < 4.78 is 32.1. The summed E-state index contributed by atoms with van der Waals surface area (Å²) in [6.45, 7) is 6.05. The van der Waals surface area contributed by atoms with E-state index in [4.69, 9.17) is 4.74 Å². The Kier molecular flexibility index (Phi) is 5.71. The molecule has 33 heavy (non-hydrogen) atoms. The summed E-state index contributed by atoms with van der Waals surface area (Å²) in [5, 5.41) is 12.9. The molecule has 0 bridgehead atoms. The second-order valence-electron chi connectivity index (χ2n) is 8.41. The Balaban J connectivity index is 1.88. The minimum atomic E-state index is -3.89. The maximum atomic E-state index is 13.4. The van der Waals surface area contributed by atoms with Gasteiger partial charge in [-0.2, -0.15) is 0 Å². The van der Waals surface area contributed by atoms with Crippen molar-refractivity contribution >= 4 is 59.8 Å². The molecule has 0 spiro atoms. The number of benzene rings is 2. The first-order chi connectivity index (χ1) is 15.5. The predicted molar refractivity (Wildman–Crippen MR) is 127 cm³/mol. The SMILES string of the molecule is C[C@@H](Oc1cc2ncnc(Nc3ccc4scnc4c3)c2cc1S(=O)(=O)C(C)(C)C)C(=O)O. The Bertz CT molecular complexity index is 1480. The van der Waals surface area contributed by atoms with Gasteiger partial charge in [-0.05, 0) is 52.0 Å². The number of carboxylic acid groups (broad SMARTS) is 1. The van der Waals surface area contributed by atoms with E-state index in [0.29, 0.717) is 16.7 Å². The molecule has 0 radical (unpaired) electrons.